The summed E-state index contributed by atoms with van der Waals surface area (Å²) >= 11 is 0. The lowest BCUT2D eigenvalue weighted by molar-refractivity contribution is -0.210. The molecular formula is C12H16N4O3. The van der Waals surface area contributed by atoms with E-state index in [1.165, 1.54) is 12.8 Å². The van der Waals surface area contributed by atoms with Gasteiger partial charge in [0.05, 0.1) is 5.69 Å². The van der Waals surface area contributed by atoms with Crippen molar-refractivity contribution in [2.24, 2.45) is 11.8 Å². The van der Waals surface area contributed by atoms with E-state index in [0.717, 1.165) is 24.7 Å². The minimum Gasteiger partial charge on any atom is -0.370 e. The lowest BCUT2D eigenvalue weighted by Gasteiger charge is -2.32. The molecule has 102 valence electrons. The topological polar surface area (TPSA) is 86.6 Å². The largest absolute Gasteiger partial charge is 0.370 e. The normalized spacial score (nSPS) is 17.1. The van der Waals surface area contributed by atoms with Crippen LogP contribution in [0.2, 0.25) is 0 Å². The van der Waals surface area contributed by atoms with Gasteiger partial charge < -0.3 is 9.79 Å². The van der Waals surface area contributed by atoms with Crippen molar-refractivity contribution in [1.82, 2.24) is 10.3 Å². The van der Waals surface area contributed by atoms with E-state index in [1.54, 1.807) is 6.07 Å². The highest BCUT2D eigenvalue weighted by Gasteiger charge is 2.21. The van der Waals surface area contributed by atoms with E-state index in [2.05, 4.69) is 27.1 Å². The first-order valence-electron chi connectivity index (χ1n) is 6.33. The molecule has 1 aromatic carbocycles. The third kappa shape index (κ3) is 2.22. The average molecular weight is 264 g/mol. The molecule has 1 fully saturated rings. The van der Waals surface area contributed by atoms with Gasteiger partial charge in [-0.1, -0.05) is 11.9 Å². The highest BCUT2D eigenvalue weighted by molar-refractivity contribution is 5.91. The van der Waals surface area contributed by atoms with Crippen LogP contribution in [0.5, 0.6) is 5.75 Å². The van der Waals surface area contributed by atoms with Gasteiger partial charge in [-0.2, -0.15) is 5.90 Å². The van der Waals surface area contributed by atoms with Gasteiger partial charge in [-0.3, -0.25) is 0 Å². The molecule has 2 aromatic rings. The number of nitrogens with two attached hydrogens (primary N) is 1. The van der Waals surface area contributed by atoms with Gasteiger partial charge in [0.15, 0.2) is 16.8 Å². The molecule has 19 heavy (non-hydrogen) atoms. The number of anilines is 1. The van der Waals surface area contributed by atoms with Crippen LogP contribution in [-0.2, 0) is 4.99 Å². The fourth-order valence-corrected chi connectivity index (χ4v) is 2.45. The number of rotatable bonds is 3. The summed E-state index contributed by atoms with van der Waals surface area (Å²) in [6.45, 7) is 4.30. The SMILES string of the molecule is CC1CCN(c2ccc(OON)c3nonc23)CC1. The summed E-state index contributed by atoms with van der Waals surface area (Å²) in [4.78, 5) is 11.3. The zero-order chi connectivity index (χ0) is 13.2. The van der Waals surface area contributed by atoms with Crippen molar-refractivity contribution in [3.63, 3.8) is 0 Å². The second-order valence-electron chi connectivity index (χ2n) is 4.89. The van der Waals surface area contributed by atoms with Gasteiger partial charge in [0.1, 0.15) is 0 Å². The zero-order valence-corrected chi connectivity index (χ0v) is 10.7. The minimum absolute atomic E-state index is 0.396. The molecule has 0 atom stereocenters. The molecule has 0 unspecified atom stereocenters. The third-order valence-electron chi connectivity index (χ3n) is 3.62. The summed E-state index contributed by atoms with van der Waals surface area (Å²) in [6, 6.07) is 3.68. The standard InChI is InChI=1S/C12H16N4O3/c1-8-4-6-16(7-5-8)9-2-3-10(17-18-13)12-11(9)14-19-15-12/h2-3,8H,4-7,13H2,1H3. The summed E-state index contributed by atoms with van der Waals surface area (Å²) in [6.07, 6.45) is 2.36. The van der Waals surface area contributed by atoms with E-state index in [0.29, 0.717) is 16.8 Å². The molecular weight excluding hydrogens is 248 g/mol. The Bertz CT molecular complexity index is 563. The molecule has 1 aliphatic heterocycles. The molecule has 0 aliphatic carbocycles. The molecule has 0 saturated carbocycles. The second-order valence-corrected chi connectivity index (χ2v) is 4.89. The van der Waals surface area contributed by atoms with Crippen molar-refractivity contribution in [3.8, 4) is 5.75 Å². The van der Waals surface area contributed by atoms with Crippen LogP contribution in [0.25, 0.3) is 11.0 Å². The number of hydrogen-bond acceptors (Lipinski definition) is 7. The lowest BCUT2D eigenvalue weighted by atomic mass is 9.98. The summed E-state index contributed by atoms with van der Waals surface area (Å²) in [5, 5.41) is 7.79. The van der Waals surface area contributed by atoms with E-state index < -0.39 is 0 Å². The summed E-state index contributed by atoms with van der Waals surface area (Å²) in [5.74, 6) is 6.07. The predicted octanol–water partition coefficient (Wildman–Crippen LogP) is 1.64. The molecule has 0 radical (unpaired) electrons. The Morgan fingerprint density at radius 3 is 2.74 bits per heavy atom. The number of piperidine rings is 1. The smallest absolute Gasteiger partial charge is 0.199 e. The van der Waals surface area contributed by atoms with E-state index in [9.17, 15) is 0 Å². The zero-order valence-electron chi connectivity index (χ0n) is 10.7. The number of hydrogen-bond donors (Lipinski definition) is 1. The van der Waals surface area contributed by atoms with Crippen LogP contribution in [0.15, 0.2) is 16.8 Å². The number of fused-ring (bicyclic) bond motifs is 1. The fourth-order valence-electron chi connectivity index (χ4n) is 2.45. The van der Waals surface area contributed by atoms with Crippen LogP contribution >= 0.6 is 0 Å². The third-order valence-corrected chi connectivity index (χ3v) is 3.62. The van der Waals surface area contributed by atoms with Crippen molar-refractivity contribution >= 4 is 16.7 Å². The Morgan fingerprint density at radius 2 is 2.00 bits per heavy atom. The first-order valence-corrected chi connectivity index (χ1v) is 6.33. The molecule has 0 amide bonds. The van der Waals surface area contributed by atoms with Gasteiger partial charge in [-0.05, 0) is 41.2 Å². The van der Waals surface area contributed by atoms with E-state index in [1.807, 2.05) is 6.07 Å². The van der Waals surface area contributed by atoms with Crippen molar-refractivity contribution in [1.29, 1.82) is 0 Å². The van der Waals surface area contributed by atoms with E-state index in [-0.39, 0.29) is 0 Å². The van der Waals surface area contributed by atoms with Crippen LogP contribution < -0.4 is 15.7 Å². The first-order chi connectivity index (χ1) is 9.29. The molecule has 1 saturated heterocycles. The molecule has 1 aromatic heterocycles. The van der Waals surface area contributed by atoms with Crippen LogP contribution in [-0.4, -0.2) is 23.4 Å². The highest BCUT2D eigenvalue weighted by Crippen LogP contribution is 2.33. The molecule has 2 heterocycles. The molecule has 0 spiro atoms. The van der Waals surface area contributed by atoms with Crippen LogP contribution in [0, 0.1) is 5.92 Å². The summed E-state index contributed by atoms with van der Waals surface area (Å²) in [5.41, 5.74) is 2.19. The maximum atomic E-state index is 4.91. The number of benzene rings is 1. The molecule has 7 nitrogen and oxygen atoms in total. The lowest BCUT2D eigenvalue weighted by Crippen LogP contribution is -2.32. The number of aromatic nitrogens is 2. The highest BCUT2D eigenvalue weighted by atomic mass is 17.3. The van der Waals surface area contributed by atoms with Gasteiger partial charge in [-0.25, -0.2) is 4.63 Å². The second kappa shape index (κ2) is 5.02. The molecule has 3 rings (SSSR count). The Kier molecular flexibility index (Phi) is 3.22. The number of nitrogens with zero attached hydrogens (tertiary/aromatic N) is 3. The van der Waals surface area contributed by atoms with Gasteiger partial charge in [0.2, 0.25) is 0 Å². The molecule has 2 N–H and O–H groups in total. The van der Waals surface area contributed by atoms with Gasteiger partial charge in [0.25, 0.3) is 0 Å². The van der Waals surface area contributed by atoms with Crippen LogP contribution in [0.4, 0.5) is 5.69 Å². The molecule has 7 heteroatoms. The molecule has 0 bridgehead atoms. The Hall–Kier alpha value is -1.86. The van der Waals surface area contributed by atoms with Gasteiger partial charge in [0, 0.05) is 13.1 Å². The Balaban J connectivity index is 1.96. The van der Waals surface area contributed by atoms with Crippen molar-refractivity contribution in [2.45, 2.75) is 19.8 Å². The van der Waals surface area contributed by atoms with Crippen LogP contribution in [0.1, 0.15) is 19.8 Å². The van der Waals surface area contributed by atoms with Crippen molar-refractivity contribution in [2.75, 3.05) is 18.0 Å². The predicted molar refractivity (Wildman–Crippen MR) is 68.3 cm³/mol. The first kappa shape index (κ1) is 12.2. The Morgan fingerprint density at radius 1 is 1.26 bits per heavy atom. The monoisotopic (exact) mass is 264 g/mol. The van der Waals surface area contributed by atoms with Gasteiger partial charge in [-0.15, -0.1) is 0 Å². The van der Waals surface area contributed by atoms with E-state index >= 15 is 0 Å². The van der Waals surface area contributed by atoms with Crippen molar-refractivity contribution in [3.05, 3.63) is 12.1 Å². The summed E-state index contributed by atoms with van der Waals surface area (Å²) in [7, 11) is 0. The molecule has 1 aliphatic rings. The average Bonchev–Trinajstić information content (AvgIpc) is 2.90. The van der Waals surface area contributed by atoms with Crippen LogP contribution in [0.3, 0.4) is 0 Å². The Labute approximate surface area is 110 Å². The van der Waals surface area contributed by atoms with E-state index in [4.69, 9.17) is 15.4 Å². The van der Waals surface area contributed by atoms with Gasteiger partial charge >= 0.3 is 0 Å². The summed E-state index contributed by atoms with van der Waals surface area (Å²) < 4.78 is 4.80. The maximum Gasteiger partial charge on any atom is 0.199 e. The maximum absolute atomic E-state index is 4.91. The fraction of sp³-hybridized carbons (Fsp3) is 0.500. The van der Waals surface area contributed by atoms with Crippen molar-refractivity contribution < 1.29 is 14.5 Å². The quantitative estimate of drug-likeness (QED) is 0.666. The minimum atomic E-state index is 0.396.